The minimum Gasteiger partial charge on any atom is -0.355 e. The van der Waals surface area contributed by atoms with E-state index in [4.69, 9.17) is 5.73 Å². The van der Waals surface area contributed by atoms with Crippen molar-refractivity contribution in [3.05, 3.63) is 47.3 Å². The lowest BCUT2D eigenvalue weighted by Gasteiger charge is -2.24. The van der Waals surface area contributed by atoms with Crippen LogP contribution in [0.25, 0.3) is 5.69 Å². The third-order valence-electron chi connectivity index (χ3n) is 4.60. The summed E-state index contributed by atoms with van der Waals surface area (Å²) in [6.07, 6.45) is 0.481. The molecule has 2 amide bonds. The van der Waals surface area contributed by atoms with E-state index in [9.17, 15) is 9.59 Å². The van der Waals surface area contributed by atoms with Gasteiger partial charge in [0, 0.05) is 30.4 Å². The predicted molar refractivity (Wildman–Crippen MR) is 99.1 cm³/mol. The van der Waals surface area contributed by atoms with Gasteiger partial charge in [0.25, 0.3) is 5.91 Å². The van der Waals surface area contributed by atoms with Crippen molar-refractivity contribution in [3.8, 4) is 5.69 Å². The molecule has 0 saturated carbocycles. The van der Waals surface area contributed by atoms with Crippen LogP contribution in [0.3, 0.4) is 0 Å². The number of hydrogen-bond donors (Lipinski definition) is 2. The van der Waals surface area contributed by atoms with Crippen LogP contribution in [0, 0.1) is 13.8 Å². The van der Waals surface area contributed by atoms with Gasteiger partial charge < -0.3 is 16.0 Å². The first-order chi connectivity index (χ1) is 12.4. The first kappa shape index (κ1) is 18.1. The first-order valence-corrected chi connectivity index (χ1v) is 8.88. The average molecular weight is 355 g/mol. The van der Waals surface area contributed by atoms with Gasteiger partial charge >= 0.3 is 0 Å². The van der Waals surface area contributed by atoms with Crippen molar-refractivity contribution in [2.75, 3.05) is 13.1 Å². The second-order valence-electron chi connectivity index (χ2n) is 6.75. The summed E-state index contributed by atoms with van der Waals surface area (Å²) in [5.74, 6) is -0.332. The van der Waals surface area contributed by atoms with Crippen LogP contribution in [0.1, 0.15) is 35.1 Å². The number of carbonyl (C=O) groups excluding carboxylic acids is 2. The number of aromatic nitrogens is 2. The number of amides is 2. The lowest BCUT2D eigenvalue weighted by molar-refractivity contribution is -0.124. The summed E-state index contributed by atoms with van der Waals surface area (Å²) in [5, 5.41) is 7.25. The molecule has 138 valence electrons. The smallest absolute Gasteiger partial charge is 0.254 e. The van der Waals surface area contributed by atoms with Gasteiger partial charge in [0.15, 0.2) is 0 Å². The Balaban J connectivity index is 1.88. The largest absolute Gasteiger partial charge is 0.355 e. The Bertz CT molecular complexity index is 829. The molecule has 0 radical (unpaired) electrons. The molecule has 2 aromatic rings. The van der Waals surface area contributed by atoms with Crippen LogP contribution in [0.2, 0.25) is 0 Å². The van der Waals surface area contributed by atoms with E-state index >= 15 is 0 Å². The Kier molecular flexibility index (Phi) is 5.08. The topological polar surface area (TPSA) is 93.3 Å². The Morgan fingerprint density at radius 3 is 2.73 bits per heavy atom. The van der Waals surface area contributed by atoms with Crippen LogP contribution in [0.4, 0.5) is 0 Å². The van der Waals surface area contributed by atoms with E-state index in [1.165, 1.54) is 0 Å². The van der Waals surface area contributed by atoms with Gasteiger partial charge in [0.05, 0.1) is 11.4 Å². The van der Waals surface area contributed by atoms with Gasteiger partial charge in [-0.1, -0.05) is 6.07 Å². The molecule has 7 heteroatoms. The molecule has 1 aromatic carbocycles. The monoisotopic (exact) mass is 355 g/mol. The highest BCUT2D eigenvalue weighted by Crippen LogP contribution is 2.21. The fraction of sp³-hybridized carbons (Fsp3) is 0.421. The van der Waals surface area contributed by atoms with E-state index in [0.717, 1.165) is 17.1 Å². The van der Waals surface area contributed by atoms with Gasteiger partial charge in [-0.25, -0.2) is 4.68 Å². The summed E-state index contributed by atoms with van der Waals surface area (Å²) in [6.45, 7) is 6.67. The molecular weight excluding hydrogens is 330 g/mol. The number of aryl methyl sites for hydroxylation is 2. The maximum atomic E-state index is 13.0. The molecule has 2 atom stereocenters. The van der Waals surface area contributed by atoms with Gasteiger partial charge in [0.2, 0.25) is 5.91 Å². The van der Waals surface area contributed by atoms with Gasteiger partial charge in [-0.15, -0.1) is 0 Å². The van der Waals surface area contributed by atoms with E-state index in [1.807, 2.05) is 43.7 Å². The minimum absolute atomic E-state index is 0.150. The third-order valence-corrected chi connectivity index (χ3v) is 4.60. The van der Waals surface area contributed by atoms with Crippen LogP contribution in [0.15, 0.2) is 30.3 Å². The number of hydrogen-bond acceptors (Lipinski definition) is 4. The Labute approximate surface area is 153 Å². The Morgan fingerprint density at radius 1 is 1.31 bits per heavy atom. The molecular formula is C19H25N5O2. The van der Waals surface area contributed by atoms with E-state index in [2.05, 4.69) is 10.4 Å². The highest BCUT2D eigenvalue weighted by molar-refractivity contribution is 5.98. The molecule has 0 unspecified atom stereocenters. The standard InChI is InChI=1S/C19H25N5O2/c1-4-21-18(25)17-10-15(20)11-23(17)19(26)14-6-5-7-16(9-14)24-13(3)8-12(2)22-24/h5-9,15,17H,4,10-11,20H2,1-3H3,(H,21,25)/t15-,17+/m1/s1. The number of likely N-dealkylation sites (N-methyl/N-ethyl adjacent to an activating group) is 1. The number of likely N-dealkylation sites (tertiary alicyclic amines) is 1. The number of benzene rings is 1. The third kappa shape index (κ3) is 3.48. The van der Waals surface area contributed by atoms with Crippen LogP contribution >= 0.6 is 0 Å². The highest BCUT2D eigenvalue weighted by Gasteiger charge is 2.38. The molecule has 3 rings (SSSR count). The lowest BCUT2D eigenvalue weighted by atomic mass is 10.1. The maximum absolute atomic E-state index is 13.0. The fourth-order valence-corrected chi connectivity index (χ4v) is 3.46. The summed E-state index contributed by atoms with van der Waals surface area (Å²) in [6, 6.07) is 8.58. The zero-order valence-corrected chi connectivity index (χ0v) is 15.4. The molecule has 3 N–H and O–H groups in total. The second kappa shape index (κ2) is 7.29. The molecule has 0 aliphatic carbocycles. The number of nitrogens with zero attached hydrogens (tertiary/aromatic N) is 3. The van der Waals surface area contributed by atoms with Gasteiger partial charge in [0.1, 0.15) is 6.04 Å². The molecule has 1 aliphatic heterocycles. The SMILES string of the molecule is CCNC(=O)[C@@H]1C[C@@H](N)CN1C(=O)c1cccc(-n2nc(C)cc2C)c1. The zero-order valence-electron chi connectivity index (χ0n) is 15.4. The van der Waals surface area contributed by atoms with Crippen molar-refractivity contribution in [3.63, 3.8) is 0 Å². The van der Waals surface area contributed by atoms with Gasteiger partial charge in [-0.05, 0) is 51.5 Å². The maximum Gasteiger partial charge on any atom is 0.254 e. The number of carbonyl (C=O) groups is 2. The van der Waals surface area contributed by atoms with E-state index in [0.29, 0.717) is 25.1 Å². The summed E-state index contributed by atoms with van der Waals surface area (Å²) >= 11 is 0. The van der Waals surface area contributed by atoms with E-state index in [1.54, 1.807) is 17.0 Å². The van der Waals surface area contributed by atoms with Crippen LogP contribution in [0.5, 0.6) is 0 Å². The normalized spacial score (nSPS) is 19.6. The van der Waals surface area contributed by atoms with Crippen molar-refractivity contribution in [2.45, 2.75) is 39.3 Å². The van der Waals surface area contributed by atoms with Crippen molar-refractivity contribution in [1.82, 2.24) is 20.0 Å². The van der Waals surface area contributed by atoms with Crippen molar-refractivity contribution >= 4 is 11.8 Å². The van der Waals surface area contributed by atoms with E-state index < -0.39 is 6.04 Å². The Hall–Kier alpha value is -2.67. The summed E-state index contributed by atoms with van der Waals surface area (Å²) in [7, 11) is 0. The predicted octanol–water partition coefficient (Wildman–Crippen LogP) is 1.17. The second-order valence-corrected chi connectivity index (χ2v) is 6.75. The van der Waals surface area contributed by atoms with Crippen LogP contribution in [-0.2, 0) is 4.79 Å². The van der Waals surface area contributed by atoms with Crippen LogP contribution < -0.4 is 11.1 Å². The number of nitrogens with two attached hydrogens (primary N) is 1. The molecule has 1 saturated heterocycles. The molecule has 0 spiro atoms. The quantitative estimate of drug-likeness (QED) is 0.861. The number of rotatable bonds is 4. The van der Waals surface area contributed by atoms with Crippen molar-refractivity contribution in [2.24, 2.45) is 5.73 Å². The lowest BCUT2D eigenvalue weighted by Crippen LogP contribution is -2.46. The molecule has 0 bridgehead atoms. The summed E-state index contributed by atoms with van der Waals surface area (Å²) in [5.41, 5.74) is 9.28. The van der Waals surface area contributed by atoms with Gasteiger partial charge in [-0.2, -0.15) is 5.10 Å². The Morgan fingerprint density at radius 2 is 2.08 bits per heavy atom. The summed E-state index contributed by atoms with van der Waals surface area (Å²) < 4.78 is 1.81. The first-order valence-electron chi connectivity index (χ1n) is 8.88. The van der Waals surface area contributed by atoms with E-state index in [-0.39, 0.29) is 17.9 Å². The highest BCUT2D eigenvalue weighted by atomic mass is 16.2. The van der Waals surface area contributed by atoms with Crippen molar-refractivity contribution in [1.29, 1.82) is 0 Å². The molecule has 2 heterocycles. The van der Waals surface area contributed by atoms with Gasteiger partial charge in [-0.3, -0.25) is 9.59 Å². The fourth-order valence-electron chi connectivity index (χ4n) is 3.46. The van der Waals surface area contributed by atoms with Crippen molar-refractivity contribution < 1.29 is 9.59 Å². The van der Waals surface area contributed by atoms with Crippen LogP contribution in [-0.4, -0.2) is 51.7 Å². The molecule has 1 aromatic heterocycles. The number of nitrogens with one attached hydrogen (secondary N) is 1. The summed E-state index contributed by atoms with van der Waals surface area (Å²) in [4.78, 5) is 26.9. The minimum atomic E-state index is -0.519. The molecule has 7 nitrogen and oxygen atoms in total. The molecule has 1 aliphatic rings. The molecule has 26 heavy (non-hydrogen) atoms. The average Bonchev–Trinajstić information content (AvgIpc) is 3.16. The molecule has 1 fully saturated rings. The zero-order chi connectivity index (χ0) is 18.8.